The zero-order valence-corrected chi connectivity index (χ0v) is 36.6. The summed E-state index contributed by atoms with van der Waals surface area (Å²) in [6, 6.07) is 91.8. The van der Waals surface area contributed by atoms with Crippen molar-refractivity contribution >= 4 is 71.6 Å². The first-order valence-electron chi connectivity index (χ1n) is 22.9. The van der Waals surface area contributed by atoms with Crippen LogP contribution in [0.15, 0.2) is 259 Å². The van der Waals surface area contributed by atoms with E-state index in [2.05, 4.69) is 258 Å². The predicted octanol–water partition coefficient (Wildman–Crippen LogP) is 18.0. The molecule has 2 aromatic heterocycles. The number of rotatable bonds is 8. The van der Waals surface area contributed by atoms with E-state index in [0.717, 1.165) is 72.5 Å². The molecule has 0 N–H and O–H groups in total. The van der Waals surface area contributed by atoms with Gasteiger partial charge in [-0.15, -0.1) is 0 Å². The number of hydrogen-bond donors (Lipinski definition) is 0. The highest BCUT2D eigenvalue weighted by atomic mass is 16.3. The van der Waals surface area contributed by atoms with Crippen LogP contribution in [0.3, 0.4) is 0 Å². The van der Waals surface area contributed by atoms with E-state index >= 15 is 0 Å². The lowest BCUT2D eigenvalue weighted by Gasteiger charge is -2.28. The van der Waals surface area contributed by atoms with Crippen LogP contribution in [-0.2, 0) is 0 Å². The summed E-state index contributed by atoms with van der Waals surface area (Å²) >= 11 is 0. The van der Waals surface area contributed by atoms with Crippen molar-refractivity contribution in [3.8, 4) is 50.2 Å². The van der Waals surface area contributed by atoms with Crippen LogP contribution in [0, 0.1) is 0 Å². The Labute approximate surface area is 388 Å². The number of nitrogens with zero attached hydrogens (tertiary/aromatic N) is 2. The van der Waals surface area contributed by atoms with Gasteiger partial charge in [0.15, 0.2) is 0 Å². The van der Waals surface area contributed by atoms with Crippen molar-refractivity contribution < 1.29 is 4.42 Å². The van der Waals surface area contributed by atoms with Gasteiger partial charge in [0.2, 0.25) is 0 Å². The normalized spacial score (nSPS) is 11.6. The Bertz CT molecular complexity index is 3910. The molecule has 67 heavy (non-hydrogen) atoms. The average Bonchev–Trinajstić information content (AvgIpc) is 3.96. The highest BCUT2D eigenvalue weighted by Gasteiger charge is 2.21. The Morgan fingerprint density at radius 2 is 0.806 bits per heavy atom. The fraction of sp³-hybridized carbons (Fsp3) is 0. The largest absolute Gasteiger partial charge is 0.455 e. The summed E-state index contributed by atoms with van der Waals surface area (Å²) in [5, 5.41) is 7.25. The molecule has 314 valence electrons. The van der Waals surface area contributed by atoms with E-state index in [1.165, 1.54) is 49.3 Å². The van der Waals surface area contributed by atoms with Gasteiger partial charge in [0.05, 0.1) is 16.7 Å². The maximum absolute atomic E-state index is 6.63. The molecule has 0 saturated carbocycles. The molecule has 0 unspecified atom stereocenters. The highest BCUT2D eigenvalue weighted by molar-refractivity contribution is 6.11. The van der Waals surface area contributed by atoms with Gasteiger partial charge < -0.3 is 13.9 Å². The van der Waals surface area contributed by atoms with Crippen molar-refractivity contribution in [2.45, 2.75) is 0 Å². The van der Waals surface area contributed by atoms with E-state index in [-0.39, 0.29) is 0 Å². The van der Waals surface area contributed by atoms with Crippen LogP contribution >= 0.6 is 0 Å². The Kier molecular flexibility index (Phi) is 9.17. The zero-order valence-electron chi connectivity index (χ0n) is 36.6. The lowest BCUT2D eigenvalue weighted by molar-refractivity contribution is 0.670. The monoisotopic (exact) mass is 854 g/mol. The second kappa shape index (κ2) is 16.0. The minimum absolute atomic E-state index is 0.886. The van der Waals surface area contributed by atoms with E-state index < -0.39 is 0 Å². The van der Waals surface area contributed by atoms with Crippen molar-refractivity contribution in [1.29, 1.82) is 0 Å². The van der Waals surface area contributed by atoms with E-state index in [1.54, 1.807) is 0 Å². The number of fused-ring (bicyclic) bond motifs is 7. The molecule has 0 fully saturated rings. The number of furan rings is 1. The summed E-state index contributed by atoms with van der Waals surface area (Å²) in [7, 11) is 0. The Morgan fingerprint density at radius 1 is 0.313 bits per heavy atom. The summed E-state index contributed by atoms with van der Waals surface area (Å²) in [5.41, 5.74) is 17.7. The zero-order chi connectivity index (χ0) is 44.3. The summed E-state index contributed by atoms with van der Waals surface area (Å²) in [4.78, 5) is 2.38. The molecule has 0 spiro atoms. The molecule has 0 aliphatic carbocycles. The SMILES string of the molecule is c1cc(-c2ccc(N(c3ccc(-c4ccc(-c5cccc6ccccc56)cc4)cc3)c3ccccc3-c3cccc4c3oc3ccccc34)cc2)cc(-n2c3ccccc3c3ccccc32)c1. The smallest absolute Gasteiger partial charge is 0.143 e. The number of anilines is 3. The number of hydrogen-bond acceptors (Lipinski definition) is 2. The molecule has 13 rings (SSSR count). The van der Waals surface area contributed by atoms with Crippen LogP contribution in [-0.4, -0.2) is 4.57 Å². The standard InChI is InChI=1S/C64H42N2O/c1-2-18-52-46(14-1)15-12-23-53(52)47-32-30-43(31-33-47)44-34-38-49(39-35-44)65(60-26-7-5-21-56(60)58-24-13-25-59-57-22-6-10-29-63(57)67-64(58)59)50-40-36-45(37-41-50)48-16-11-17-51(42-48)66-61-27-8-3-19-54(61)55-20-4-9-28-62(55)66/h1-42H. The third-order valence-corrected chi connectivity index (χ3v) is 13.4. The third-order valence-electron chi connectivity index (χ3n) is 13.4. The first-order chi connectivity index (χ1) is 33.2. The molecule has 13 aromatic rings. The van der Waals surface area contributed by atoms with E-state index in [9.17, 15) is 0 Å². The van der Waals surface area contributed by atoms with E-state index in [1.807, 2.05) is 6.07 Å². The summed E-state index contributed by atoms with van der Waals surface area (Å²) < 4.78 is 9.02. The molecule has 3 nitrogen and oxygen atoms in total. The predicted molar refractivity (Wildman–Crippen MR) is 282 cm³/mol. The van der Waals surface area contributed by atoms with Crippen molar-refractivity contribution in [3.63, 3.8) is 0 Å². The van der Waals surface area contributed by atoms with Gasteiger partial charge in [0.1, 0.15) is 11.2 Å². The van der Waals surface area contributed by atoms with E-state index in [0.29, 0.717) is 0 Å². The molecule has 0 radical (unpaired) electrons. The Morgan fingerprint density at radius 3 is 1.54 bits per heavy atom. The number of aromatic nitrogens is 1. The van der Waals surface area contributed by atoms with Gasteiger partial charge in [-0.05, 0) is 105 Å². The van der Waals surface area contributed by atoms with Crippen LogP contribution in [0.1, 0.15) is 0 Å². The molecule has 0 saturated heterocycles. The Balaban J connectivity index is 0.903. The van der Waals surface area contributed by atoms with Crippen molar-refractivity contribution in [1.82, 2.24) is 4.57 Å². The molecule has 0 atom stereocenters. The minimum atomic E-state index is 0.886. The van der Waals surface area contributed by atoms with E-state index in [4.69, 9.17) is 4.42 Å². The minimum Gasteiger partial charge on any atom is -0.455 e. The third kappa shape index (κ3) is 6.59. The van der Waals surface area contributed by atoms with Crippen molar-refractivity contribution in [2.24, 2.45) is 0 Å². The maximum Gasteiger partial charge on any atom is 0.143 e. The second-order valence-corrected chi connectivity index (χ2v) is 17.3. The summed E-state index contributed by atoms with van der Waals surface area (Å²) in [6.07, 6.45) is 0. The molecular formula is C64H42N2O. The Hall–Kier alpha value is -8.92. The van der Waals surface area contributed by atoms with Gasteiger partial charge in [-0.25, -0.2) is 0 Å². The first-order valence-corrected chi connectivity index (χ1v) is 22.9. The fourth-order valence-corrected chi connectivity index (χ4v) is 10.2. The number of benzene rings is 11. The van der Waals surface area contributed by atoms with Gasteiger partial charge in [-0.2, -0.15) is 0 Å². The van der Waals surface area contributed by atoms with Gasteiger partial charge in [-0.3, -0.25) is 0 Å². The molecule has 0 aliphatic heterocycles. The molecule has 0 aliphatic rings. The fourth-order valence-electron chi connectivity index (χ4n) is 10.2. The van der Waals surface area contributed by atoms with Gasteiger partial charge in [-0.1, -0.05) is 194 Å². The molecule has 2 heterocycles. The molecule has 11 aromatic carbocycles. The van der Waals surface area contributed by atoms with Crippen LogP contribution in [0.5, 0.6) is 0 Å². The van der Waals surface area contributed by atoms with Crippen molar-refractivity contribution in [2.75, 3.05) is 4.90 Å². The molecule has 0 amide bonds. The van der Waals surface area contributed by atoms with Gasteiger partial charge in [0, 0.05) is 49.7 Å². The van der Waals surface area contributed by atoms with Crippen LogP contribution in [0.25, 0.3) is 105 Å². The highest BCUT2D eigenvalue weighted by Crippen LogP contribution is 2.45. The van der Waals surface area contributed by atoms with Crippen LogP contribution in [0.4, 0.5) is 17.1 Å². The average molecular weight is 855 g/mol. The summed E-state index contributed by atoms with van der Waals surface area (Å²) in [6.45, 7) is 0. The molecule has 0 bridgehead atoms. The maximum atomic E-state index is 6.63. The molecular weight excluding hydrogens is 813 g/mol. The summed E-state index contributed by atoms with van der Waals surface area (Å²) in [5.74, 6) is 0. The first kappa shape index (κ1) is 38.5. The van der Waals surface area contributed by atoms with Crippen molar-refractivity contribution in [3.05, 3.63) is 255 Å². The molecule has 3 heteroatoms. The van der Waals surface area contributed by atoms with Gasteiger partial charge in [0.25, 0.3) is 0 Å². The lowest BCUT2D eigenvalue weighted by atomic mass is 9.96. The van der Waals surface area contributed by atoms with Crippen LogP contribution < -0.4 is 4.90 Å². The van der Waals surface area contributed by atoms with Gasteiger partial charge >= 0.3 is 0 Å². The lowest BCUT2D eigenvalue weighted by Crippen LogP contribution is -2.11. The van der Waals surface area contributed by atoms with Crippen LogP contribution in [0.2, 0.25) is 0 Å². The quantitative estimate of drug-likeness (QED) is 0.152. The number of para-hydroxylation sites is 5. The second-order valence-electron chi connectivity index (χ2n) is 17.3. The topological polar surface area (TPSA) is 21.3 Å².